The molecule has 0 heterocycles. The Balaban J connectivity index is 1.78. The van der Waals surface area contributed by atoms with Crippen LogP contribution in [0.15, 0.2) is 84.0 Å². The van der Waals surface area contributed by atoms with Crippen LogP contribution in [0.3, 0.4) is 0 Å². The van der Waals surface area contributed by atoms with E-state index >= 15 is 0 Å². The van der Waals surface area contributed by atoms with Crippen LogP contribution in [0.5, 0.6) is 0 Å². The molecule has 0 spiro atoms. The number of amides is 1. The van der Waals surface area contributed by atoms with Crippen LogP contribution in [-0.4, -0.2) is 39.9 Å². The first-order chi connectivity index (χ1) is 16.3. The fraction of sp³-hybridized carbons (Fsp3) is 0.231. The third-order valence-corrected chi connectivity index (χ3v) is 6.51. The molecule has 0 bridgehead atoms. The average Bonchev–Trinajstić information content (AvgIpc) is 2.84. The van der Waals surface area contributed by atoms with Crippen LogP contribution in [0.25, 0.3) is 0 Å². The largest absolute Gasteiger partial charge is 0.372 e. The molecule has 1 amide bonds. The third-order valence-electron chi connectivity index (χ3n) is 5.39. The number of benzene rings is 3. The molecule has 0 aliphatic carbocycles. The van der Waals surface area contributed by atoms with Gasteiger partial charge in [-0.2, -0.15) is 5.10 Å². The SMILES string of the molecule is CCN(CC)c1ccc(/C=N/NC(=O)c2ccccc2N(Cc2ccccc2)S(C)(=O)=O)cc1. The highest BCUT2D eigenvalue weighted by Gasteiger charge is 2.23. The fourth-order valence-corrected chi connectivity index (χ4v) is 4.50. The number of nitrogens with zero attached hydrogens (tertiary/aromatic N) is 3. The first-order valence-electron chi connectivity index (χ1n) is 11.1. The van der Waals surface area contributed by atoms with Gasteiger partial charge in [-0.15, -0.1) is 0 Å². The third kappa shape index (κ3) is 6.45. The van der Waals surface area contributed by atoms with Gasteiger partial charge in [-0.3, -0.25) is 9.10 Å². The molecule has 34 heavy (non-hydrogen) atoms. The van der Waals surface area contributed by atoms with Gasteiger partial charge < -0.3 is 4.90 Å². The topological polar surface area (TPSA) is 82.1 Å². The number of carbonyl (C=O) groups excluding carboxylic acids is 1. The Morgan fingerprint density at radius 1 is 0.912 bits per heavy atom. The fourth-order valence-electron chi connectivity index (χ4n) is 3.60. The van der Waals surface area contributed by atoms with Gasteiger partial charge in [-0.25, -0.2) is 13.8 Å². The van der Waals surface area contributed by atoms with Crippen molar-refractivity contribution in [2.45, 2.75) is 20.4 Å². The van der Waals surface area contributed by atoms with E-state index < -0.39 is 15.9 Å². The molecule has 0 unspecified atom stereocenters. The number of sulfonamides is 1. The molecule has 3 aromatic rings. The van der Waals surface area contributed by atoms with Gasteiger partial charge in [0.05, 0.1) is 30.3 Å². The van der Waals surface area contributed by atoms with Gasteiger partial charge in [0, 0.05) is 18.8 Å². The van der Waals surface area contributed by atoms with Crippen molar-refractivity contribution in [1.29, 1.82) is 0 Å². The maximum Gasteiger partial charge on any atom is 0.273 e. The highest BCUT2D eigenvalue weighted by Crippen LogP contribution is 2.25. The van der Waals surface area contributed by atoms with E-state index in [1.54, 1.807) is 30.5 Å². The maximum atomic E-state index is 12.9. The summed E-state index contributed by atoms with van der Waals surface area (Å²) in [6.07, 6.45) is 2.69. The Kier molecular flexibility index (Phi) is 8.43. The number of hydrogen-bond donors (Lipinski definition) is 1. The molecular weight excluding hydrogens is 448 g/mol. The van der Waals surface area contributed by atoms with Crippen molar-refractivity contribution in [2.75, 3.05) is 28.6 Å². The van der Waals surface area contributed by atoms with E-state index in [9.17, 15) is 13.2 Å². The Hall–Kier alpha value is -3.65. The van der Waals surface area contributed by atoms with E-state index in [2.05, 4.69) is 29.3 Å². The highest BCUT2D eigenvalue weighted by atomic mass is 32.2. The maximum absolute atomic E-state index is 12.9. The van der Waals surface area contributed by atoms with Crippen LogP contribution >= 0.6 is 0 Å². The van der Waals surface area contributed by atoms with Gasteiger partial charge in [0.15, 0.2) is 0 Å². The Labute approximate surface area is 201 Å². The number of para-hydroxylation sites is 1. The predicted octanol–water partition coefficient (Wildman–Crippen LogP) is 4.26. The monoisotopic (exact) mass is 478 g/mol. The number of rotatable bonds is 10. The quantitative estimate of drug-likeness (QED) is 0.349. The molecule has 0 atom stereocenters. The molecule has 0 aliphatic rings. The molecule has 8 heteroatoms. The summed E-state index contributed by atoms with van der Waals surface area (Å²) in [5.41, 5.74) is 5.81. The molecular formula is C26H30N4O3S. The minimum Gasteiger partial charge on any atom is -0.372 e. The average molecular weight is 479 g/mol. The molecule has 7 nitrogen and oxygen atoms in total. The van der Waals surface area contributed by atoms with Crippen molar-refractivity contribution in [3.63, 3.8) is 0 Å². The van der Waals surface area contributed by atoms with Crippen LogP contribution < -0.4 is 14.6 Å². The first kappa shape index (κ1) is 25.0. The summed E-state index contributed by atoms with van der Waals surface area (Å²) in [6.45, 7) is 6.18. The summed E-state index contributed by atoms with van der Waals surface area (Å²) in [5.74, 6) is -0.492. The normalized spacial score (nSPS) is 11.4. The Bertz CT molecular complexity index is 1220. The van der Waals surface area contributed by atoms with Crippen molar-refractivity contribution in [2.24, 2.45) is 5.10 Å². The van der Waals surface area contributed by atoms with Crippen LogP contribution in [0.1, 0.15) is 35.3 Å². The molecule has 0 aliphatic heterocycles. The van der Waals surface area contributed by atoms with E-state index in [1.807, 2.05) is 54.6 Å². The van der Waals surface area contributed by atoms with Gasteiger partial charge >= 0.3 is 0 Å². The number of hydrogen-bond acceptors (Lipinski definition) is 5. The van der Waals surface area contributed by atoms with E-state index in [0.717, 1.165) is 36.2 Å². The van der Waals surface area contributed by atoms with E-state index in [4.69, 9.17) is 0 Å². The summed E-state index contributed by atoms with van der Waals surface area (Å²) in [7, 11) is -3.64. The minimum absolute atomic E-state index is 0.117. The van der Waals surface area contributed by atoms with Crippen LogP contribution in [-0.2, 0) is 16.6 Å². The summed E-state index contributed by atoms with van der Waals surface area (Å²) in [4.78, 5) is 15.1. The van der Waals surface area contributed by atoms with Crippen molar-refractivity contribution in [1.82, 2.24) is 5.43 Å². The second-order valence-electron chi connectivity index (χ2n) is 7.74. The van der Waals surface area contributed by atoms with Crippen molar-refractivity contribution in [3.05, 3.63) is 95.6 Å². The Morgan fingerprint density at radius 3 is 2.15 bits per heavy atom. The number of carbonyl (C=O) groups is 1. The zero-order valence-electron chi connectivity index (χ0n) is 19.7. The van der Waals surface area contributed by atoms with Crippen LogP contribution in [0.2, 0.25) is 0 Å². The number of hydrazone groups is 1. The van der Waals surface area contributed by atoms with Gasteiger partial charge in [-0.1, -0.05) is 54.6 Å². The zero-order valence-corrected chi connectivity index (χ0v) is 20.5. The summed E-state index contributed by atoms with van der Waals surface area (Å²) < 4.78 is 26.4. The molecule has 178 valence electrons. The summed E-state index contributed by atoms with van der Waals surface area (Å²) in [5, 5.41) is 4.07. The molecule has 0 radical (unpaired) electrons. The molecule has 3 rings (SSSR count). The van der Waals surface area contributed by atoms with Crippen LogP contribution in [0.4, 0.5) is 11.4 Å². The lowest BCUT2D eigenvalue weighted by molar-refractivity contribution is 0.0956. The highest BCUT2D eigenvalue weighted by molar-refractivity contribution is 7.92. The summed E-state index contributed by atoms with van der Waals surface area (Å²) >= 11 is 0. The lowest BCUT2D eigenvalue weighted by Gasteiger charge is -2.24. The van der Waals surface area contributed by atoms with Gasteiger partial charge in [-0.05, 0) is 49.2 Å². The number of anilines is 2. The van der Waals surface area contributed by atoms with Crippen molar-refractivity contribution >= 4 is 33.5 Å². The molecule has 0 saturated heterocycles. The molecule has 3 aromatic carbocycles. The van der Waals surface area contributed by atoms with Crippen molar-refractivity contribution in [3.8, 4) is 0 Å². The molecule has 0 aromatic heterocycles. The van der Waals surface area contributed by atoms with Gasteiger partial charge in [0.1, 0.15) is 0 Å². The smallest absolute Gasteiger partial charge is 0.273 e. The standard InChI is InChI=1S/C26H30N4O3S/c1-4-29(5-2)23-17-15-21(16-18-23)19-27-28-26(31)24-13-9-10-14-25(24)30(34(3,32)33)20-22-11-7-6-8-12-22/h6-19H,4-5,20H2,1-3H3,(H,28,31)/b27-19+. The van der Waals surface area contributed by atoms with Crippen LogP contribution in [0, 0.1) is 0 Å². The van der Waals surface area contributed by atoms with E-state index in [0.29, 0.717) is 5.69 Å². The van der Waals surface area contributed by atoms with Gasteiger partial charge in [0.2, 0.25) is 10.0 Å². The lowest BCUT2D eigenvalue weighted by Crippen LogP contribution is -2.32. The molecule has 0 fully saturated rings. The second-order valence-corrected chi connectivity index (χ2v) is 9.64. The molecule has 0 saturated carbocycles. The number of nitrogens with one attached hydrogen (secondary N) is 1. The molecule has 1 N–H and O–H groups in total. The van der Waals surface area contributed by atoms with E-state index in [-0.39, 0.29) is 12.1 Å². The van der Waals surface area contributed by atoms with Crippen molar-refractivity contribution < 1.29 is 13.2 Å². The second kappa shape index (κ2) is 11.5. The first-order valence-corrected chi connectivity index (χ1v) is 13.0. The van der Waals surface area contributed by atoms with Gasteiger partial charge in [0.25, 0.3) is 5.91 Å². The van der Waals surface area contributed by atoms with E-state index in [1.165, 1.54) is 4.31 Å². The minimum atomic E-state index is -3.64. The zero-order chi connectivity index (χ0) is 24.6. The predicted molar refractivity (Wildman–Crippen MR) is 139 cm³/mol. The lowest BCUT2D eigenvalue weighted by atomic mass is 10.1. The Morgan fingerprint density at radius 2 is 1.53 bits per heavy atom. The summed E-state index contributed by atoms with van der Waals surface area (Å²) in [6, 6.07) is 23.7.